The normalized spacial score (nSPS) is 19.6. The molecule has 0 N–H and O–H groups in total. The van der Waals surface area contributed by atoms with Crippen LogP contribution < -0.4 is 0 Å². The fourth-order valence-electron chi connectivity index (χ4n) is 2.56. The van der Waals surface area contributed by atoms with Gasteiger partial charge in [0.1, 0.15) is 6.10 Å². The van der Waals surface area contributed by atoms with Gasteiger partial charge >= 0.3 is 0 Å². The van der Waals surface area contributed by atoms with Crippen molar-refractivity contribution in [2.75, 3.05) is 6.61 Å². The van der Waals surface area contributed by atoms with Crippen LogP contribution in [0.2, 0.25) is 0 Å². The first-order chi connectivity index (χ1) is 7.79. The Bertz CT molecular complexity index is 195. The molecule has 1 unspecified atom stereocenters. The summed E-state index contributed by atoms with van der Waals surface area (Å²) in [6.07, 6.45) is 8.78. The molecule has 1 fully saturated rings. The van der Waals surface area contributed by atoms with Crippen molar-refractivity contribution in [3.63, 3.8) is 0 Å². The van der Waals surface area contributed by atoms with E-state index in [4.69, 9.17) is 4.74 Å². The Morgan fingerprint density at radius 3 is 2.44 bits per heavy atom. The summed E-state index contributed by atoms with van der Waals surface area (Å²) < 4.78 is 5.80. The molecule has 1 aliphatic carbocycles. The van der Waals surface area contributed by atoms with Crippen molar-refractivity contribution in [1.82, 2.24) is 0 Å². The van der Waals surface area contributed by atoms with E-state index >= 15 is 0 Å². The average molecular weight is 226 g/mol. The summed E-state index contributed by atoms with van der Waals surface area (Å²) in [6, 6.07) is 0. The molecule has 0 bridgehead atoms. The summed E-state index contributed by atoms with van der Waals surface area (Å²) in [7, 11) is 0. The van der Waals surface area contributed by atoms with Crippen LogP contribution >= 0.6 is 0 Å². The lowest BCUT2D eigenvalue weighted by Crippen LogP contribution is -2.34. The van der Waals surface area contributed by atoms with Crippen LogP contribution in [0.15, 0.2) is 0 Å². The third kappa shape index (κ3) is 4.25. The van der Waals surface area contributed by atoms with Crippen LogP contribution in [0.25, 0.3) is 0 Å². The summed E-state index contributed by atoms with van der Waals surface area (Å²) in [4.78, 5) is 12.0. The summed E-state index contributed by atoms with van der Waals surface area (Å²) in [5.41, 5.74) is 0. The highest BCUT2D eigenvalue weighted by atomic mass is 16.5. The molecular weight excluding hydrogens is 200 g/mol. The summed E-state index contributed by atoms with van der Waals surface area (Å²) in [5.74, 6) is 0.835. The van der Waals surface area contributed by atoms with E-state index in [9.17, 15) is 4.79 Å². The van der Waals surface area contributed by atoms with Crippen molar-refractivity contribution in [2.24, 2.45) is 5.92 Å². The van der Waals surface area contributed by atoms with Gasteiger partial charge in [-0.2, -0.15) is 0 Å². The third-order valence-corrected chi connectivity index (χ3v) is 3.39. The minimum atomic E-state index is -0.0970. The Morgan fingerprint density at radius 2 is 1.88 bits per heavy atom. The molecule has 1 saturated carbocycles. The van der Waals surface area contributed by atoms with Crippen molar-refractivity contribution >= 4 is 5.78 Å². The van der Waals surface area contributed by atoms with Gasteiger partial charge in [0.15, 0.2) is 5.78 Å². The molecule has 0 radical (unpaired) electrons. The van der Waals surface area contributed by atoms with Crippen LogP contribution in [-0.4, -0.2) is 18.5 Å². The van der Waals surface area contributed by atoms with Crippen molar-refractivity contribution in [2.45, 2.75) is 71.3 Å². The molecule has 2 heteroatoms. The zero-order valence-electron chi connectivity index (χ0n) is 10.8. The second-order valence-corrected chi connectivity index (χ2v) is 4.91. The Morgan fingerprint density at radius 1 is 1.19 bits per heavy atom. The zero-order chi connectivity index (χ0) is 11.8. The molecule has 1 rings (SSSR count). The smallest absolute Gasteiger partial charge is 0.161 e. The van der Waals surface area contributed by atoms with Crippen LogP contribution in [0, 0.1) is 5.92 Å². The highest BCUT2D eigenvalue weighted by Crippen LogP contribution is 2.29. The molecule has 0 aliphatic heterocycles. The van der Waals surface area contributed by atoms with Crippen LogP contribution in [0.1, 0.15) is 65.2 Å². The summed E-state index contributed by atoms with van der Waals surface area (Å²) >= 11 is 0. The van der Waals surface area contributed by atoms with E-state index in [1.807, 2.05) is 0 Å². The van der Waals surface area contributed by atoms with Gasteiger partial charge in [-0.25, -0.2) is 0 Å². The number of carbonyl (C=O) groups excluding carboxylic acids is 1. The Kier molecular flexibility index (Phi) is 6.70. The second kappa shape index (κ2) is 7.83. The maximum Gasteiger partial charge on any atom is 0.161 e. The first-order valence-corrected chi connectivity index (χ1v) is 6.93. The van der Waals surface area contributed by atoms with Gasteiger partial charge in [0.05, 0.1) is 0 Å². The average Bonchev–Trinajstić information content (AvgIpc) is 2.31. The monoisotopic (exact) mass is 226 g/mol. The van der Waals surface area contributed by atoms with E-state index in [1.54, 1.807) is 0 Å². The summed E-state index contributed by atoms with van der Waals surface area (Å²) in [6.45, 7) is 4.90. The molecule has 1 aliphatic rings. The van der Waals surface area contributed by atoms with E-state index in [1.165, 1.54) is 32.1 Å². The highest BCUT2D eigenvalue weighted by molar-refractivity contribution is 5.83. The van der Waals surface area contributed by atoms with E-state index in [-0.39, 0.29) is 6.10 Å². The number of carbonyl (C=O) groups is 1. The molecule has 2 nitrogen and oxygen atoms in total. The van der Waals surface area contributed by atoms with Crippen LogP contribution in [0.3, 0.4) is 0 Å². The van der Waals surface area contributed by atoms with Gasteiger partial charge < -0.3 is 4.74 Å². The first-order valence-electron chi connectivity index (χ1n) is 6.93. The van der Waals surface area contributed by atoms with Gasteiger partial charge in [-0.1, -0.05) is 33.1 Å². The van der Waals surface area contributed by atoms with Gasteiger partial charge in [0.25, 0.3) is 0 Å². The first kappa shape index (κ1) is 13.7. The molecule has 0 aromatic rings. The highest BCUT2D eigenvalue weighted by Gasteiger charge is 2.29. The van der Waals surface area contributed by atoms with Gasteiger partial charge in [-0.3, -0.25) is 4.79 Å². The lowest BCUT2D eigenvalue weighted by molar-refractivity contribution is -0.135. The maximum atomic E-state index is 12.0. The third-order valence-electron chi connectivity index (χ3n) is 3.39. The fraction of sp³-hybridized carbons (Fsp3) is 0.929. The van der Waals surface area contributed by atoms with Gasteiger partial charge in [-0.15, -0.1) is 0 Å². The van der Waals surface area contributed by atoms with Crippen molar-refractivity contribution in [3.8, 4) is 0 Å². The van der Waals surface area contributed by atoms with E-state index in [0.29, 0.717) is 18.1 Å². The minimum absolute atomic E-state index is 0.0970. The van der Waals surface area contributed by atoms with E-state index in [0.717, 1.165) is 19.4 Å². The molecular formula is C14H26O2. The zero-order valence-corrected chi connectivity index (χ0v) is 10.8. The lowest BCUT2D eigenvalue weighted by Gasteiger charge is -2.29. The largest absolute Gasteiger partial charge is 0.370 e. The Hall–Kier alpha value is -0.370. The Balaban J connectivity index is 2.50. The van der Waals surface area contributed by atoms with Crippen molar-refractivity contribution < 1.29 is 9.53 Å². The van der Waals surface area contributed by atoms with Gasteiger partial charge in [0, 0.05) is 13.0 Å². The molecule has 0 spiro atoms. The van der Waals surface area contributed by atoms with Crippen LogP contribution in [0.4, 0.5) is 0 Å². The van der Waals surface area contributed by atoms with Crippen LogP contribution in [-0.2, 0) is 9.53 Å². The molecule has 16 heavy (non-hydrogen) atoms. The van der Waals surface area contributed by atoms with Gasteiger partial charge in [-0.05, 0) is 31.6 Å². The maximum absolute atomic E-state index is 12.0. The Labute approximate surface area is 99.8 Å². The number of hydrogen-bond acceptors (Lipinski definition) is 2. The SMILES string of the molecule is CCCOC(C(=O)CCC)C1CCCCC1. The molecule has 0 amide bonds. The number of rotatable bonds is 7. The second-order valence-electron chi connectivity index (χ2n) is 4.91. The predicted octanol–water partition coefficient (Wildman–Crippen LogP) is 3.73. The molecule has 0 saturated heterocycles. The molecule has 0 aromatic heterocycles. The van der Waals surface area contributed by atoms with Gasteiger partial charge in [0.2, 0.25) is 0 Å². The molecule has 94 valence electrons. The summed E-state index contributed by atoms with van der Waals surface area (Å²) in [5, 5.41) is 0. The van der Waals surface area contributed by atoms with E-state index < -0.39 is 0 Å². The number of Topliss-reactive ketones (excluding diaryl/α,β-unsaturated/α-hetero) is 1. The number of ether oxygens (including phenoxy) is 1. The topological polar surface area (TPSA) is 26.3 Å². The standard InChI is InChI=1S/C14H26O2/c1-3-8-13(15)14(16-11-4-2)12-9-6-5-7-10-12/h12,14H,3-11H2,1-2H3. The molecule has 0 heterocycles. The number of hydrogen-bond donors (Lipinski definition) is 0. The fourth-order valence-corrected chi connectivity index (χ4v) is 2.56. The predicted molar refractivity (Wildman–Crippen MR) is 66.5 cm³/mol. The van der Waals surface area contributed by atoms with Crippen molar-refractivity contribution in [3.05, 3.63) is 0 Å². The number of ketones is 1. The minimum Gasteiger partial charge on any atom is -0.370 e. The van der Waals surface area contributed by atoms with Crippen LogP contribution in [0.5, 0.6) is 0 Å². The van der Waals surface area contributed by atoms with E-state index in [2.05, 4.69) is 13.8 Å². The van der Waals surface area contributed by atoms with Crippen molar-refractivity contribution in [1.29, 1.82) is 0 Å². The molecule has 0 aromatic carbocycles. The lowest BCUT2D eigenvalue weighted by atomic mass is 9.83. The molecule has 1 atom stereocenters. The quantitative estimate of drug-likeness (QED) is 0.661.